The van der Waals surface area contributed by atoms with Crippen molar-refractivity contribution in [2.75, 3.05) is 0 Å². The molecular weight excluding hydrogens is 489 g/mol. The van der Waals surface area contributed by atoms with Crippen LogP contribution < -0.4 is 15.2 Å². The summed E-state index contributed by atoms with van der Waals surface area (Å²) in [4.78, 5) is 22.9. The summed E-state index contributed by atoms with van der Waals surface area (Å²) in [6.07, 6.45) is -3.03. The lowest BCUT2D eigenvalue weighted by atomic mass is 10.0. The molecular formula is C26H21F3N4O4. The van der Waals surface area contributed by atoms with Crippen LogP contribution in [0.5, 0.6) is 17.4 Å². The summed E-state index contributed by atoms with van der Waals surface area (Å²) in [6, 6.07) is 15.8. The first kappa shape index (κ1) is 25.6. The summed E-state index contributed by atoms with van der Waals surface area (Å²) in [5.41, 5.74) is 6.90. The van der Waals surface area contributed by atoms with E-state index in [-0.39, 0.29) is 29.4 Å². The fourth-order valence-corrected chi connectivity index (χ4v) is 3.47. The van der Waals surface area contributed by atoms with Gasteiger partial charge in [-0.25, -0.2) is 9.97 Å². The molecule has 11 heteroatoms. The number of nitrogens with zero attached hydrogens (tertiary/aromatic N) is 3. The van der Waals surface area contributed by atoms with Crippen molar-refractivity contribution in [1.29, 1.82) is 0 Å². The zero-order valence-electron chi connectivity index (χ0n) is 19.2. The molecule has 37 heavy (non-hydrogen) atoms. The van der Waals surface area contributed by atoms with Crippen molar-refractivity contribution in [1.82, 2.24) is 15.0 Å². The molecule has 0 bridgehead atoms. The third kappa shape index (κ3) is 6.58. The second kappa shape index (κ2) is 11.0. The third-order valence-electron chi connectivity index (χ3n) is 5.26. The Labute approximate surface area is 209 Å². The number of para-hydroxylation sites is 1. The minimum atomic E-state index is -4.79. The Morgan fingerprint density at radius 3 is 2.46 bits per heavy atom. The zero-order chi connectivity index (χ0) is 26.4. The second-order valence-corrected chi connectivity index (χ2v) is 7.96. The summed E-state index contributed by atoms with van der Waals surface area (Å²) in [5.74, 6) is -1.18. The highest BCUT2D eigenvalue weighted by Gasteiger charge is 2.45. The van der Waals surface area contributed by atoms with E-state index in [1.54, 1.807) is 42.5 Å². The topological polar surface area (TPSA) is 120 Å². The Morgan fingerprint density at radius 1 is 1.03 bits per heavy atom. The molecule has 0 saturated carbocycles. The van der Waals surface area contributed by atoms with E-state index in [9.17, 15) is 18.0 Å². The first-order chi connectivity index (χ1) is 17.7. The maximum absolute atomic E-state index is 14.2. The molecule has 8 nitrogen and oxygen atoms in total. The number of nitrogens with two attached hydrogens (primary N) is 1. The predicted octanol–water partition coefficient (Wildman–Crippen LogP) is 4.97. The van der Waals surface area contributed by atoms with Crippen molar-refractivity contribution in [3.05, 3.63) is 96.6 Å². The molecule has 0 aliphatic rings. The zero-order valence-corrected chi connectivity index (χ0v) is 19.2. The lowest BCUT2D eigenvalue weighted by molar-refractivity contribution is -0.199. The van der Waals surface area contributed by atoms with E-state index in [1.165, 1.54) is 36.7 Å². The first-order valence-electron chi connectivity index (χ1n) is 11.0. The molecule has 190 valence electrons. The van der Waals surface area contributed by atoms with Gasteiger partial charge in [0.25, 0.3) is 0 Å². The van der Waals surface area contributed by atoms with E-state index in [1.807, 2.05) is 0 Å². The standard InChI is InChI=1S/C26H21F3N4O4/c27-26(28,29)24(19-5-1-2-6-22(19)36-18-4-3-11-31-14-18)37-23-13-21(32-15-33-23)17-9-7-16(8-10-17)12-20(30)25(34)35/h1-11,13-15,20,24H,12,30H2,(H,34,35)/t20-,24?/m0/s1. The van der Waals surface area contributed by atoms with Crippen molar-refractivity contribution < 1.29 is 32.5 Å². The van der Waals surface area contributed by atoms with Gasteiger partial charge in [-0.2, -0.15) is 13.2 Å². The molecule has 2 aromatic carbocycles. The summed E-state index contributed by atoms with van der Waals surface area (Å²) in [6.45, 7) is 0. The van der Waals surface area contributed by atoms with Crippen molar-refractivity contribution in [2.24, 2.45) is 5.73 Å². The number of aliphatic carboxylic acids is 1. The minimum absolute atomic E-state index is 0.0396. The van der Waals surface area contributed by atoms with E-state index >= 15 is 0 Å². The molecule has 0 aliphatic heterocycles. The average molecular weight is 510 g/mol. The third-order valence-corrected chi connectivity index (χ3v) is 5.26. The van der Waals surface area contributed by atoms with Crippen LogP contribution in [0.15, 0.2) is 85.5 Å². The van der Waals surface area contributed by atoms with Crippen molar-refractivity contribution in [3.63, 3.8) is 0 Å². The fraction of sp³-hybridized carbons (Fsp3) is 0.154. The molecule has 0 amide bonds. The maximum atomic E-state index is 14.2. The summed E-state index contributed by atoms with van der Waals surface area (Å²) in [7, 11) is 0. The molecule has 2 heterocycles. The molecule has 0 aliphatic carbocycles. The van der Waals surface area contributed by atoms with E-state index in [2.05, 4.69) is 15.0 Å². The number of halogens is 3. The van der Waals surface area contributed by atoms with Crippen LogP contribution in [0, 0.1) is 0 Å². The van der Waals surface area contributed by atoms with Crippen LogP contribution in [0.1, 0.15) is 17.2 Å². The summed E-state index contributed by atoms with van der Waals surface area (Å²) < 4.78 is 53.5. The van der Waals surface area contributed by atoms with Gasteiger partial charge in [0, 0.05) is 23.4 Å². The molecule has 0 saturated heterocycles. The highest BCUT2D eigenvalue weighted by atomic mass is 19.4. The van der Waals surface area contributed by atoms with Crippen LogP contribution in [0.3, 0.4) is 0 Å². The van der Waals surface area contributed by atoms with E-state index < -0.39 is 24.3 Å². The van der Waals surface area contributed by atoms with Crippen LogP contribution in [0.25, 0.3) is 11.3 Å². The first-order valence-corrected chi connectivity index (χ1v) is 11.0. The van der Waals surface area contributed by atoms with Gasteiger partial charge >= 0.3 is 12.1 Å². The van der Waals surface area contributed by atoms with E-state index in [0.717, 1.165) is 6.33 Å². The van der Waals surface area contributed by atoms with Crippen LogP contribution >= 0.6 is 0 Å². The minimum Gasteiger partial charge on any atom is -0.480 e. The predicted molar refractivity (Wildman–Crippen MR) is 127 cm³/mol. The van der Waals surface area contributed by atoms with Crippen LogP contribution in [-0.2, 0) is 11.2 Å². The van der Waals surface area contributed by atoms with Gasteiger partial charge in [-0.3, -0.25) is 9.78 Å². The quantitative estimate of drug-likeness (QED) is 0.324. The molecule has 2 aromatic heterocycles. The monoisotopic (exact) mass is 510 g/mol. The smallest absolute Gasteiger partial charge is 0.429 e. The van der Waals surface area contributed by atoms with Crippen molar-refractivity contribution in [2.45, 2.75) is 24.7 Å². The number of benzene rings is 2. The number of hydrogen-bond donors (Lipinski definition) is 2. The molecule has 0 fully saturated rings. The van der Waals surface area contributed by atoms with Gasteiger partial charge in [-0.05, 0) is 30.2 Å². The number of carboxylic acid groups (broad SMARTS) is 1. The molecule has 0 spiro atoms. The summed E-state index contributed by atoms with van der Waals surface area (Å²) in [5, 5.41) is 8.96. The number of pyridine rings is 1. The second-order valence-electron chi connectivity index (χ2n) is 7.96. The number of carboxylic acids is 1. The normalized spacial score (nSPS) is 13.0. The fourth-order valence-electron chi connectivity index (χ4n) is 3.47. The molecule has 0 radical (unpaired) electrons. The van der Waals surface area contributed by atoms with Gasteiger partial charge in [0.15, 0.2) is 0 Å². The molecule has 4 aromatic rings. The van der Waals surface area contributed by atoms with Gasteiger partial charge in [-0.1, -0.05) is 42.5 Å². The largest absolute Gasteiger partial charge is 0.480 e. The Balaban J connectivity index is 1.59. The van der Waals surface area contributed by atoms with E-state index in [0.29, 0.717) is 16.8 Å². The molecule has 1 unspecified atom stereocenters. The number of alkyl halides is 3. The summed E-state index contributed by atoms with van der Waals surface area (Å²) >= 11 is 0. The number of carbonyl (C=O) groups is 1. The molecule has 2 atom stereocenters. The van der Waals surface area contributed by atoms with Crippen LogP contribution in [-0.4, -0.2) is 38.2 Å². The lowest BCUT2D eigenvalue weighted by Gasteiger charge is -2.23. The highest BCUT2D eigenvalue weighted by Crippen LogP contribution is 2.41. The lowest BCUT2D eigenvalue weighted by Crippen LogP contribution is -2.32. The number of aromatic nitrogens is 3. The maximum Gasteiger partial charge on any atom is 0.429 e. The van der Waals surface area contributed by atoms with E-state index in [4.69, 9.17) is 20.3 Å². The Bertz CT molecular complexity index is 1350. The Kier molecular flexibility index (Phi) is 7.63. The number of rotatable bonds is 9. The van der Waals surface area contributed by atoms with Crippen LogP contribution in [0.2, 0.25) is 0 Å². The van der Waals surface area contributed by atoms with Gasteiger partial charge in [-0.15, -0.1) is 0 Å². The average Bonchev–Trinajstić information content (AvgIpc) is 2.88. The van der Waals surface area contributed by atoms with Crippen molar-refractivity contribution in [3.8, 4) is 28.6 Å². The number of hydrogen-bond acceptors (Lipinski definition) is 7. The molecule has 3 N–H and O–H groups in total. The SMILES string of the molecule is N[C@@H](Cc1ccc(-c2cc(OC(c3ccccc3Oc3cccnc3)C(F)(F)F)ncn2)cc1)C(=O)O. The van der Waals surface area contributed by atoms with Gasteiger partial charge in [0.2, 0.25) is 12.0 Å². The van der Waals surface area contributed by atoms with Gasteiger partial charge < -0.3 is 20.3 Å². The Hall–Kier alpha value is -4.51. The van der Waals surface area contributed by atoms with Crippen LogP contribution in [0.4, 0.5) is 13.2 Å². The number of ether oxygens (including phenoxy) is 2. The Morgan fingerprint density at radius 2 is 1.78 bits per heavy atom. The molecule has 4 rings (SSSR count). The van der Waals surface area contributed by atoms with Gasteiger partial charge in [0.1, 0.15) is 23.9 Å². The highest BCUT2D eigenvalue weighted by molar-refractivity contribution is 5.73. The van der Waals surface area contributed by atoms with Crippen molar-refractivity contribution >= 4 is 5.97 Å². The van der Waals surface area contributed by atoms with Gasteiger partial charge in [0.05, 0.1) is 11.9 Å².